The molecule has 0 saturated carbocycles. The van der Waals surface area contributed by atoms with Crippen molar-refractivity contribution in [3.05, 3.63) is 72.3 Å². The van der Waals surface area contributed by atoms with Gasteiger partial charge in [-0.3, -0.25) is 9.36 Å². The molecule has 6 nitrogen and oxygen atoms in total. The fourth-order valence-electron chi connectivity index (χ4n) is 3.02. The quantitative estimate of drug-likeness (QED) is 0.515. The van der Waals surface area contributed by atoms with Crippen LogP contribution in [0.15, 0.2) is 65.4 Å². The molecule has 142 valence electrons. The van der Waals surface area contributed by atoms with Crippen LogP contribution in [0.4, 0.5) is 8.78 Å². The van der Waals surface area contributed by atoms with Gasteiger partial charge in [-0.05, 0) is 18.2 Å². The van der Waals surface area contributed by atoms with Crippen molar-refractivity contribution in [2.24, 2.45) is 0 Å². The molecule has 4 aromatic rings. The van der Waals surface area contributed by atoms with E-state index in [1.165, 1.54) is 17.3 Å². The summed E-state index contributed by atoms with van der Waals surface area (Å²) in [4.78, 5) is 18.1. The van der Waals surface area contributed by atoms with E-state index in [1.54, 1.807) is 25.2 Å². The van der Waals surface area contributed by atoms with E-state index in [0.717, 1.165) is 10.1 Å². The monoisotopic (exact) mass is 382 g/mol. The Morgan fingerprint density at radius 1 is 1.21 bits per heavy atom. The smallest absolute Gasteiger partial charge is 0.319 e. The van der Waals surface area contributed by atoms with E-state index in [1.807, 2.05) is 30.3 Å². The van der Waals surface area contributed by atoms with Gasteiger partial charge in [-0.1, -0.05) is 35.5 Å². The average molecular weight is 382 g/mol. The van der Waals surface area contributed by atoms with Gasteiger partial charge in [0.05, 0.1) is 11.9 Å². The molecule has 0 bridgehead atoms. The normalized spacial score (nSPS) is 11.3. The van der Waals surface area contributed by atoms with Gasteiger partial charge >= 0.3 is 6.55 Å². The summed E-state index contributed by atoms with van der Waals surface area (Å²) < 4.78 is 32.2. The maximum absolute atomic E-state index is 13.0. The molecular weight excluding hydrogens is 366 g/mol. The molecule has 0 spiro atoms. The highest BCUT2D eigenvalue weighted by atomic mass is 19.3. The lowest BCUT2D eigenvalue weighted by molar-refractivity contribution is 0.0612. The standard InChI is InChI=1S/C20H16F2N4O2/c1-25(12-17-23-9-10-26(17)20(21)22)19(27)14-7-8-16-15(11-14)18(28-24-16)13-5-3-2-4-6-13/h2-11,20H,12H2,1H3. The second-order valence-electron chi connectivity index (χ2n) is 6.30. The minimum Gasteiger partial charge on any atom is -0.355 e. The van der Waals surface area contributed by atoms with Crippen LogP contribution in [0, 0.1) is 0 Å². The first-order chi connectivity index (χ1) is 13.5. The van der Waals surface area contributed by atoms with Crippen LogP contribution in [-0.4, -0.2) is 32.6 Å². The Bertz CT molecular complexity index is 1120. The highest BCUT2D eigenvalue weighted by Gasteiger charge is 2.19. The van der Waals surface area contributed by atoms with Crippen molar-refractivity contribution in [2.75, 3.05) is 7.05 Å². The van der Waals surface area contributed by atoms with E-state index in [9.17, 15) is 13.6 Å². The zero-order valence-electron chi connectivity index (χ0n) is 14.9. The van der Waals surface area contributed by atoms with Crippen LogP contribution in [0.25, 0.3) is 22.2 Å². The van der Waals surface area contributed by atoms with Gasteiger partial charge in [0.25, 0.3) is 5.91 Å². The van der Waals surface area contributed by atoms with Crippen LogP contribution >= 0.6 is 0 Å². The third kappa shape index (κ3) is 3.24. The number of carbonyl (C=O) groups excluding carboxylic acids is 1. The number of amides is 1. The van der Waals surface area contributed by atoms with Crippen LogP contribution in [-0.2, 0) is 6.54 Å². The van der Waals surface area contributed by atoms with Crippen molar-refractivity contribution >= 4 is 16.8 Å². The summed E-state index contributed by atoms with van der Waals surface area (Å²) in [5.74, 6) is 0.369. The third-order valence-electron chi connectivity index (χ3n) is 4.44. The van der Waals surface area contributed by atoms with Crippen LogP contribution in [0.2, 0.25) is 0 Å². The number of rotatable bonds is 5. The van der Waals surface area contributed by atoms with Crippen LogP contribution in [0.5, 0.6) is 0 Å². The van der Waals surface area contributed by atoms with Crippen molar-refractivity contribution in [2.45, 2.75) is 13.1 Å². The highest BCUT2D eigenvalue weighted by molar-refractivity contribution is 6.00. The van der Waals surface area contributed by atoms with Gasteiger partial charge in [-0.2, -0.15) is 8.78 Å². The number of imidazole rings is 1. The van der Waals surface area contributed by atoms with Crippen LogP contribution < -0.4 is 0 Å². The number of carbonyl (C=O) groups is 1. The molecule has 0 aliphatic rings. The number of benzene rings is 2. The molecule has 2 heterocycles. The van der Waals surface area contributed by atoms with Gasteiger partial charge in [0.15, 0.2) is 5.76 Å². The van der Waals surface area contributed by atoms with E-state index in [4.69, 9.17) is 4.52 Å². The number of nitrogens with zero attached hydrogens (tertiary/aromatic N) is 4. The Morgan fingerprint density at radius 2 is 2.00 bits per heavy atom. The first-order valence-corrected chi connectivity index (χ1v) is 8.55. The predicted octanol–water partition coefficient (Wildman–Crippen LogP) is 4.36. The Balaban J connectivity index is 1.63. The summed E-state index contributed by atoms with van der Waals surface area (Å²) in [6, 6.07) is 14.5. The third-order valence-corrected chi connectivity index (χ3v) is 4.44. The van der Waals surface area contributed by atoms with Crippen molar-refractivity contribution < 1.29 is 18.1 Å². The van der Waals surface area contributed by atoms with E-state index < -0.39 is 6.55 Å². The van der Waals surface area contributed by atoms with Crippen molar-refractivity contribution in [1.82, 2.24) is 19.6 Å². The summed E-state index contributed by atoms with van der Waals surface area (Å²) in [6.07, 6.45) is 2.47. The van der Waals surface area contributed by atoms with E-state index in [-0.39, 0.29) is 18.3 Å². The molecule has 0 saturated heterocycles. The minimum absolute atomic E-state index is 0.0383. The molecule has 0 aliphatic heterocycles. The number of aromatic nitrogens is 3. The molecular formula is C20H16F2N4O2. The Morgan fingerprint density at radius 3 is 2.75 bits per heavy atom. The number of alkyl halides is 2. The predicted molar refractivity (Wildman–Crippen MR) is 98.7 cm³/mol. The largest absolute Gasteiger partial charge is 0.355 e. The van der Waals surface area contributed by atoms with E-state index in [2.05, 4.69) is 10.1 Å². The van der Waals surface area contributed by atoms with Gasteiger partial charge in [0.1, 0.15) is 11.3 Å². The second-order valence-corrected chi connectivity index (χ2v) is 6.30. The minimum atomic E-state index is -2.71. The Kier molecular flexibility index (Phi) is 4.60. The van der Waals surface area contributed by atoms with Crippen LogP contribution in [0.1, 0.15) is 22.7 Å². The first kappa shape index (κ1) is 17.8. The van der Waals surface area contributed by atoms with E-state index in [0.29, 0.717) is 22.2 Å². The zero-order chi connectivity index (χ0) is 19.7. The molecule has 0 N–H and O–H groups in total. The highest BCUT2D eigenvalue weighted by Crippen LogP contribution is 2.29. The second kappa shape index (κ2) is 7.22. The Hall–Kier alpha value is -3.55. The molecule has 0 radical (unpaired) electrons. The molecule has 1 amide bonds. The molecule has 28 heavy (non-hydrogen) atoms. The van der Waals surface area contributed by atoms with Gasteiger partial charge < -0.3 is 9.42 Å². The molecule has 8 heteroatoms. The summed E-state index contributed by atoms with van der Waals surface area (Å²) in [6.45, 7) is -2.74. The first-order valence-electron chi connectivity index (χ1n) is 8.55. The van der Waals surface area contributed by atoms with Crippen molar-refractivity contribution in [1.29, 1.82) is 0 Å². The lowest BCUT2D eigenvalue weighted by Gasteiger charge is -2.17. The summed E-state index contributed by atoms with van der Waals surface area (Å²) in [5.41, 5.74) is 1.89. The lowest BCUT2D eigenvalue weighted by atomic mass is 10.1. The lowest BCUT2D eigenvalue weighted by Crippen LogP contribution is -2.27. The van der Waals surface area contributed by atoms with Crippen molar-refractivity contribution in [3.8, 4) is 11.3 Å². The zero-order valence-corrected chi connectivity index (χ0v) is 14.9. The number of fused-ring (bicyclic) bond motifs is 1. The molecule has 0 unspecified atom stereocenters. The van der Waals surface area contributed by atoms with E-state index >= 15 is 0 Å². The fourth-order valence-corrected chi connectivity index (χ4v) is 3.02. The fraction of sp³-hybridized carbons (Fsp3) is 0.150. The van der Waals surface area contributed by atoms with Crippen LogP contribution in [0.3, 0.4) is 0 Å². The van der Waals surface area contributed by atoms with Gasteiger partial charge in [-0.15, -0.1) is 0 Å². The maximum Gasteiger partial charge on any atom is 0.319 e. The van der Waals surface area contributed by atoms with Gasteiger partial charge in [-0.25, -0.2) is 4.98 Å². The van der Waals surface area contributed by atoms with Crippen molar-refractivity contribution in [3.63, 3.8) is 0 Å². The SMILES string of the molecule is CN(Cc1nccn1C(F)F)C(=O)c1ccc2noc(-c3ccccc3)c2c1. The summed E-state index contributed by atoms with van der Waals surface area (Å²) in [5, 5.41) is 4.74. The topological polar surface area (TPSA) is 64.2 Å². The van der Waals surface area contributed by atoms with Gasteiger partial charge in [0, 0.05) is 30.6 Å². The number of halogens is 2. The molecule has 0 fully saturated rings. The van der Waals surface area contributed by atoms with Gasteiger partial charge in [0.2, 0.25) is 0 Å². The summed E-state index contributed by atoms with van der Waals surface area (Å²) in [7, 11) is 1.54. The molecule has 4 rings (SSSR count). The number of hydrogen-bond acceptors (Lipinski definition) is 4. The maximum atomic E-state index is 13.0. The number of hydrogen-bond donors (Lipinski definition) is 0. The molecule has 2 aromatic heterocycles. The average Bonchev–Trinajstić information content (AvgIpc) is 3.34. The molecule has 2 aromatic carbocycles. The summed E-state index contributed by atoms with van der Waals surface area (Å²) >= 11 is 0. The molecule has 0 atom stereocenters. The Labute approximate surface area is 159 Å². The molecule has 0 aliphatic carbocycles.